The van der Waals surface area contributed by atoms with Crippen molar-refractivity contribution in [3.63, 3.8) is 0 Å². The first-order valence-electron chi connectivity index (χ1n) is 5.36. The second-order valence-corrected chi connectivity index (χ2v) is 3.91. The van der Waals surface area contributed by atoms with Gasteiger partial charge in [0.2, 0.25) is 5.95 Å². The van der Waals surface area contributed by atoms with Crippen molar-refractivity contribution in [1.29, 1.82) is 0 Å². The summed E-state index contributed by atoms with van der Waals surface area (Å²) in [7, 11) is 0. The van der Waals surface area contributed by atoms with Crippen LogP contribution in [0.4, 0.5) is 5.95 Å². The third kappa shape index (κ3) is 1.59. The number of aliphatic hydroxyl groups is 1. The number of nitrogen functional groups attached to an aromatic ring is 1. The topological polar surface area (TPSA) is 119 Å². The lowest BCUT2D eigenvalue weighted by atomic mass is 10.4. The molecule has 0 spiro atoms. The lowest BCUT2D eigenvalue weighted by molar-refractivity contribution is -0.00638. The normalized spacial score (nSPS) is 22.9. The molecule has 4 N–H and O–H groups in total. The highest BCUT2D eigenvalue weighted by atomic mass is 16.5. The molecule has 0 radical (unpaired) electrons. The van der Waals surface area contributed by atoms with Crippen LogP contribution in [0.15, 0.2) is 23.3 Å². The Hall–Kier alpha value is -2.19. The Morgan fingerprint density at radius 2 is 2.39 bits per heavy atom. The highest BCUT2D eigenvalue weighted by molar-refractivity contribution is 5.70. The van der Waals surface area contributed by atoms with Crippen LogP contribution in [0, 0.1) is 0 Å². The summed E-state index contributed by atoms with van der Waals surface area (Å²) < 4.78 is 7.10. The largest absolute Gasteiger partial charge is 0.393 e. The first-order valence-corrected chi connectivity index (χ1v) is 5.36. The molecule has 18 heavy (non-hydrogen) atoms. The van der Waals surface area contributed by atoms with Gasteiger partial charge in [0.25, 0.3) is 5.56 Å². The summed E-state index contributed by atoms with van der Waals surface area (Å²) in [6.07, 6.45) is 4.17. The smallest absolute Gasteiger partial charge is 0.280 e. The standard InChI is InChI=1S/C10H11N5O3/c11-10-13-8-7(9(17)14-10)12-4-15(8)6-2-1-5(3-16)18-6/h1-2,4-6,16H,3H2,(H3,11,13,14,17)/t5-,6+/m1/s1. The van der Waals surface area contributed by atoms with E-state index in [4.69, 9.17) is 15.6 Å². The number of hydrogen-bond donors (Lipinski definition) is 3. The van der Waals surface area contributed by atoms with Crippen molar-refractivity contribution in [3.05, 3.63) is 28.8 Å². The molecular formula is C10H11N5O3. The van der Waals surface area contributed by atoms with E-state index < -0.39 is 11.8 Å². The maximum absolute atomic E-state index is 11.6. The average molecular weight is 249 g/mol. The fourth-order valence-corrected chi connectivity index (χ4v) is 1.88. The maximum Gasteiger partial charge on any atom is 0.280 e. The second kappa shape index (κ2) is 3.93. The summed E-state index contributed by atoms with van der Waals surface area (Å²) in [4.78, 5) is 22.0. The summed E-state index contributed by atoms with van der Waals surface area (Å²) in [5.74, 6) is 0.0231. The van der Waals surface area contributed by atoms with Crippen molar-refractivity contribution in [2.75, 3.05) is 12.3 Å². The second-order valence-electron chi connectivity index (χ2n) is 3.91. The van der Waals surface area contributed by atoms with Crippen molar-refractivity contribution >= 4 is 17.1 Å². The van der Waals surface area contributed by atoms with Gasteiger partial charge in [-0.25, -0.2) is 4.98 Å². The van der Waals surface area contributed by atoms with Gasteiger partial charge < -0.3 is 15.6 Å². The minimum Gasteiger partial charge on any atom is -0.393 e. The van der Waals surface area contributed by atoms with Crippen molar-refractivity contribution in [3.8, 4) is 0 Å². The van der Waals surface area contributed by atoms with Gasteiger partial charge in [-0.2, -0.15) is 4.98 Å². The molecule has 0 aromatic carbocycles. The predicted octanol–water partition coefficient (Wildman–Crippen LogP) is -0.852. The molecule has 3 rings (SSSR count). The molecule has 2 atom stereocenters. The molecular weight excluding hydrogens is 238 g/mol. The molecule has 0 saturated heterocycles. The number of nitrogens with two attached hydrogens (primary N) is 1. The van der Waals surface area contributed by atoms with Gasteiger partial charge in [-0.05, 0) is 6.08 Å². The SMILES string of the molecule is Nc1nc2c(ncn2[C@@H]2C=C[C@H](CO)O2)c(=O)[nH]1. The van der Waals surface area contributed by atoms with E-state index >= 15 is 0 Å². The van der Waals surface area contributed by atoms with Crippen LogP contribution in [-0.2, 0) is 4.74 Å². The number of fused-ring (bicyclic) bond motifs is 1. The molecule has 2 aromatic heterocycles. The highest BCUT2D eigenvalue weighted by Crippen LogP contribution is 2.23. The number of imidazole rings is 1. The van der Waals surface area contributed by atoms with E-state index in [-0.39, 0.29) is 24.2 Å². The van der Waals surface area contributed by atoms with E-state index in [1.807, 2.05) is 0 Å². The molecule has 0 aliphatic carbocycles. The number of aliphatic hydroxyl groups excluding tert-OH is 1. The molecule has 94 valence electrons. The molecule has 8 nitrogen and oxygen atoms in total. The Kier molecular flexibility index (Phi) is 2.39. The molecule has 1 aliphatic heterocycles. The van der Waals surface area contributed by atoms with Gasteiger partial charge in [-0.3, -0.25) is 14.3 Å². The maximum atomic E-state index is 11.6. The van der Waals surface area contributed by atoms with Crippen LogP contribution in [0.2, 0.25) is 0 Å². The van der Waals surface area contributed by atoms with Gasteiger partial charge in [0.1, 0.15) is 6.10 Å². The molecule has 0 bridgehead atoms. The summed E-state index contributed by atoms with van der Waals surface area (Å²) >= 11 is 0. The van der Waals surface area contributed by atoms with E-state index in [0.717, 1.165) is 0 Å². The molecule has 0 saturated carbocycles. The Bertz CT molecular complexity index is 674. The zero-order valence-electron chi connectivity index (χ0n) is 9.28. The van der Waals surface area contributed by atoms with Crippen LogP contribution >= 0.6 is 0 Å². The van der Waals surface area contributed by atoms with Crippen molar-refractivity contribution in [2.24, 2.45) is 0 Å². The Morgan fingerprint density at radius 3 is 3.11 bits per heavy atom. The predicted molar refractivity (Wildman–Crippen MR) is 62.7 cm³/mol. The molecule has 0 fully saturated rings. The van der Waals surface area contributed by atoms with Gasteiger partial charge in [-0.15, -0.1) is 0 Å². The number of ether oxygens (including phenoxy) is 1. The van der Waals surface area contributed by atoms with Crippen LogP contribution in [0.25, 0.3) is 11.2 Å². The first-order chi connectivity index (χ1) is 8.69. The fraction of sp³-hybridized carbons (Fsp3) is 0.300. The molecule has 0 amide bonds. The average Bonchev–Trinajstić information content (AvgIpc) is 2.93. The molecule has 3 heterocycles. The zero-order chi connectivity index (χ0) is 12.7. The summed E-state index contributed by atoms with van der Waals surface area (Å²) in [5.41, 5.74) is 5.66. The van der Waals surface area contributed by atoms with Gasteiger partial charge in [0.05, 0.1) is 12.9 Å². The number of H-pyrrole nitrogens is 1. The van der Waals surface area contributed by atoms with Crippen LogP contribution < -0.4 is 11.3 Å². The highest BCUT2D eigenvalue weighted by Gasteiger charge is 2.22. The monoisotopic (exact) mass is 249 g/mol. The van der Waals surface area contributed by atoms with E-state index in [9.17, 15) is 4.79 Å². The van der Waals surface area contributed by atoms with Crippen molar-refractivity contribution in [2.45, 2.75) is 12.3 Å². The quantitative estimate of drug-likeness (QED) is 0.596. The number of hydrogen-bond acceptors (Lipinski definition) is 6. The lowest BCUT2D eigenvalue weighted by Gasteiger charge is -2.13. The molecule has 8 heteroatoms. The number of aromatic nitrogens is 4. The van der Waals surface area contributed by atoms with Crippen LogP contribution in [0.1, 0.15) is 6.23 Å². The Balaban J connectivity index is 2.09. The van der Waals surface area contributed by atoms with Crippen LogP contribution in [0.5, 0.6) is 0 Å². The van der Waals surface area contributed by atoms with E-state index in [2.05, 4.69) is 15.0 Å². The van der Waals surface area contributed by atoms with E-state index in [1.54, 1.807) is 16.7 Å². The number of nitrogens with zero attached hydrogens (tertiary/aromatic N) is 3. The third-order valence-electron chi connectivity index (χ3n) is 2.71. The summed E-state index contributed by atoms with van der Waals surface area (Å²) in [5, 5.41) is 8.99. The third-order valence-corrected chi connectivity index (χ3v) is 2.71. The van der Waals surface area contributed by atoms with Crippen molar-refractivity contribution in [1.82, 2.24) is 19.5 Å². The first kappa shape index (κ1) is 10.9. The Morgan fingerprint density at radius 1 is 1.56 bits per heavy atom. The van der Waals surface area contributed by atoms with Crippen LogP contribution in [0.3, 0.4) is 0 Å². The summed E-state index contributed by atoms with van der Waals surface area (Å²) in [6.45, 7) is -0.101. The van der Waals surface area contributed by atoms with Crippen LogP contribution in [-0.4, -0.2) is 37.3 Å². The summed E-state index contributed by atoms with van der Waals surface area (Å²) in [6, 6.07) is 0. The number of aromatic amines is 1. The van der Waals surface area contributed by atoms with Gasteiger partial charge >= 0.3 is 0 Å². The van der Waals surface area contributed by atoms with Crippen molar-refractivity contribution < 1.29 is 9.84 Å². The zero-order valence-corrected chi connectivity index (χ0v) is 9.28. The van der Waals surface area contributed by atoms with Gasteiger partial charge in [0, 0.05) is 0 Å². The van der Waals surface area contributed by atoms with E-state index in [1.165, 1.54) is 6.33 Å². The van der Waals surface area contributed by atoms with Gasteiger partial charge in [0.15, 0.2) is 17.4 Å². The number of rotatable bonds is 2. The number of nitrogens with one attached hydrogen (secondary N) is 1. The lowest BCUT2D eigenvalue weighted by Crippen LogP contribution is -2.16. The minimum absolute atomic E-state index is 0.0231. The molecule has 1 aliphatic rings. The molecule has 2 aromatic rings. The van der Waals surface area contributed by atoms with E-state index in [0.29, 0.717) is 5.65 Å². The minimum atomic E-state index is -0.444. The fourth-order valence-electron chi connectivity index (χ4n) is 1.88. The molecule has 0 unspecified atom stereocenters. The van der Waals surface area contributed by atoms with Gasteiger partial charge in [-0.1, -0.05) is 6.08 Å². The Labute approximate surface area is 101 Å². The number of anilines is 1.